The summed E-state index contributed by atoms with van der Waals surface area (Å²) in [6.45, 7) is 12.9. The van der Waals surface area contributed by atoms with Gasteiger partial charge >= 0.3 is 7.60 Å². The van der Waals surface area contributed by atoms with Crippen LogP contribution in [0.3, 0.4) is 0 Å². The molecule has 0 aromatic rings. The minimum atomic E-state index is -3.12. The van der Waals surface area contributed by atoms with E-state index in [0.29, 0.717) is 39.1 Å². The summed E-state index contributed by atoms with van der Waals surface area (Å²) in [4.78, 5) is 0. The van der Waals surface area contributed by atoms with Crippen LogP contribution in [0.5, 0.6) is 0 Å². The monoisotopic (exact) mass is 462 g/mol. The third-order valence-corrected chi connectivity index (χ3v) is 8.74. The fourth-order valence-electron chi connectivity index (χ4n) is 3.32. The smallest absolute Gasteiger partial charge is 0.330 e. The second-order valence-electron chi connectivity index (χ2n) is 7.61. The zero-order valence-electron chi connectivity index (χ0n) is 19.2. The van der Waals surface area contributed by atoms with Crippen molar-refractivity contribution in [1.29, 1.82) is 5.26 Å². The first kappa shape index (κ1) is 28.0. The molecule has 1 aliphatic rings. The maximum absolute atomic E-state index is 12.7. The number of nitrogens with zero attached hydrogens (tertiary/aromatic N) is 2. The van der Waals surface area contributed by atoms with Crippen molar-refractivity contribution in [2.75, 3.05) is 26.0 Å². The molecular formula is C19H37BN2O6P2. The normalized spacial score (nSPS) is 23.4. The van der Waals surface area contributed by atoms with Crippen LogP contribution in [0, 0.1) is 11.3 Å². The van der Waals surface area contributed by atoms with Gasteiger partial charge in [-0.05, 0) is 48.0 Å². The molecule has 1 saturated heterocycles. The zero-order valence-corrected chi connectivity index (χ0v) is 20.9. The van der Waals surface area contributed by atoms with Gasteiger partial charge in [0.1, 0.15) is 7.85 Å². The lowest BCUT2D eigenvalue weighted by molar-refractivity contribution is 0.0574. The lowest BCUT2D eigenvalue weighted by atomic mass is 9.94. The van der Waals surface area contributed by atoms with Crippen molar-refractivity contribution in [3.05, 3.63) is 0 Å². The van der Waals surface area contributed by atoms with Gasteiger partial charge in [0, 0.05) is 24.5 Å². The summed E-state index contributed by atoms with van der Waals surface area (Å²) in [6, 6.07) is 1.90. The van der Waals surface area contributed by atoms with Crippen molar-refractivity contribution in [2.24, 2.45) is 0 Å². The summed E-state index contributed by atoms with van der Waals surface area (Å²) in [5.41, 5.74) is 0. The van der Waals surface area contributed by atoms with Crippen LogP contribution in [-0.2, 0) is 27.4 Å². The van der Waals surface area contributed by atoms with E-state index in [1.54, 1.807) is 13.8 Å². The van der Waals surface area contributed by atoms with Crippen LogP contribution in [0.2, 0.25) is 0 Å². The molecule has 1 aliphatic heterocycles. The Morgan fingerprint density at radius 1 is 1.23 bits per heavy atom. The first-order valence-electron chi connectivity index (χ1n) is 10.7. The Morgan fingerprint density at radius 2 is 1.83 bits per heavy atom. The van der Waals surface area contributed by atoms with Gasteiger partial charge in [-0.15, -0.1) is 0 Å². The molecule has 172 valence electrons. The third-order valence-electron chi connectivity index (χ3n) is 4.48. The molecule has 0 bridgehead atoms. The van der Waals surface area contributed by atoms with Crippen LogP contribution < -0.4 is 0 Å². The molecule has 0 spiro atoms. The largest absolute Gasteiger partial charge is 0.382 e. The molecule has 0 aromatic carbocycles. The minimum Gasteiger partial charge on any atom is -0.382 e. The van der Waals surface area contributed by atoms with E-state index in [0.717, 1.165) is 0 Å². The zero-order chi connectivity index (χ0) is 22.7. The molecule has 11 heteroatoms. The van der Waals surface area contributed by atoms with E-state index >= 15 is 0 Å². The van der Waals surface area contributed by atoms with Gasteiger partial charge in [-0.3, -0.25) is 4.57 Å². The highest BCUT2D eigenvalue weighted by atomic mass is 31.2. The Bertz CT molecular complexity index is 560. The van der Waals surface area contributed by atoms with Gasteiger partial charge in [0.25, 0.3) is 8.53 Å². The Labute approximate surface area is 184 Å². The van der Waals surface area contributed by atoms with E-state index in [9.17, 15) is 4.57 Å². The third kappa shape index (κ3) is 9.22. The Kier molecular flexibility index (Phi) is 13.2. The van der Waals surface area contributed by atoms with Crippen LogP contribution in [-0.4, -0.2) is 68.8 Å². The van der Waals surface area contributed by atoms with Gasteiger partial charge in [0.2, 0.25) is 0 Å². The maximum atomic E-state index is 12.7. The molecule has 0 saturated carbocycles. The van der Waals surface area contributed by atoms with Crippen molar-refractivity contribution >= 4 is 24.0 Å². The van der Waals surface area contributed by atoms with Crippen LogP contribution >= 0.6 is 16.1 Å². The molecule has 8 nitrogen and oxygen atoms in total. The summed E-state index contributed by atoms with van der Waals surface area (Å²) in [5.74, 6) is 0. The number of hydrogen-bond donors (Lipinski definition) is 0. The fourth-order valence-corrected chi connectivity index (χ4v) is 6.79. The van der Waals surface area contributed by atoms with Gasteiger partial charge in [-0.1, -0.05) is 0 Å². The molecule has 1 heterocycles. The van der Waals surface area contributed by atoms with Crippen LogP contribution in [0.4, 0.5) is 0 Å². The van der Waals surface area contributed by atoms with Crippen molar-refractivity contribution < 1.29 is 27.4 Å². The number of rotatable bonds is 15. The Morgan fingerprint density at radius 3 is 2.33 bits per heavy atom. The van der Waals surface area contributed by atoms with Crippen LogP contribution in [0.15, 0.2) is 0 Å². The van der Waals surface area contributed by atoms with Gasteiger partial charge in [-0.2, -0.15) is 5.26 Å². The quantitative estimate of drug-likeness (QED) is 0.198. The van der Waals surface area contributed by atoms with Crippen LogP contribution in [0.25, 0.3) is 0 Å². The molecule has 1 fully saturated rings. The summed E-state index contributed by atoms with van der Waals surface area (Å²) in [7, 11) is 1.67. The van der Waals surface area contributed by atoms with Crippen molar-refractivity contribution in [3.8, 4) is 6.07 Å². The van der Waals surface area contributed by atoms with Crippen molar-refractivity contribution in [1.82, 2.24) is 4.67 Å². The lowest BCUT2D eigenvalue weighted by Gasteiger charge is -2.37. The van der Waals surface area contributed by atoms with E-state index in [1.165, 1.54) is 0 Å². The standard InChI is InChI=1S/C19H37BN2O6P2/c1-7-25-30(23,26-8-2)13-10-17-14-18(19(20)27-17)28-29(24-12-9-11-21)22(15(3)4)16(5)6/h15-19H,7-10,12-14H2,1-6H3/t17-,18+,19-,29?/m1/s1. The van der Waals surface area contributed by atoms with Gasteiger partial charge in [-0.25, -0.2) is 4.67 Å². The molecule has 1 rings (SSSR count). The average molecular weight is 462 g/mol. The Hall–Kier alpha value is -0.0251. The number of hydrogen-bond acceptors (Lipinski definition) is 8. The average Bonchev–Trinajstić information content (AvgIpc) is 3.00. The summed E-state index contributed by atoms with van der Waals surface area (Å²) in [5, 5.41) is 8.84. The van der Waals surface area contributed by atoms with Gasteiger partial charge < -0.3 is 22.8 Å². The highest BCUT2D eigenvalue weighted by molar-refractivity contribution is 7.53. The summed E-state index contributed by atoms with van der Waals surface area (Å²) >= 11 is 0. The molecule has 0 N–H and O–H groups in total. The molecule has 1 unspecified atom stereocenters. The molecule has 0 aromatic heterocycles. The lowest BCUT2D eigenvalue weighted by Crippen LogP contribution is -2.36. The van der Waals surface area contributed by atoms with E-state index in [2.05, 4.69) is 38.4 Å². The van der Waals surface area contributed by atoms with E-state index in [4.69, 9.17) is 35.9 Å². The summed E-state index contributed by atoms with van der Waals surface area (Å²) in [6.07, 6.45) is 1.12. The van der Waals surface area contributed by atoms with E-state index < -0.39 is 22.1 Å². The molecule has 4 atom stereocenters. The number of nitriles is 1. The molecular weight excluding hydrogens is 425 g/mol. The Balaban J connectivity index is 2.75. The predicted octanol–water partition coefficient (Wildman–Crippen LogP) is 4.59. The summed E-state index contributed by atoms with van der Waals surface area (Å²) < 4.78 is 43.6. The minimum absolute atomic E-state index is 0.193. The second-order valence-corrected chi connectivity index (χ2v) is 11.2. The number of ether oxygens (including phenoxy) is 1. The molecule has 2 radical (unpaired) electrons. The van der Waals surface area contributed by atoms with Gasteiger partial charge in [0.05, 0.1) is 50.7 Å². The molecule has 30 heavy (non-hydrogen) atoms. The van der Waals surface area contributed by atoms with Gasteiger partial charge in [0.15, 0.2) is 0 Å². The van der Waals surface area contributed by atoms with Crippen LogP contribution in [0.1, 0.15) is 60.8 Å². The highest BCUT2D eigenvalue weighted by Crippen LogP contribution is 2.51. The SMILES string of the molecule is [B][C@@H]1O[C@H](CCP(=O)(OCC)OCC)C[C@@H]1OP(OCCC#N)N(C(C)C)C(C)C. The topological polar surface area (TPSA) is 90.3 Å². The first-order valence-corrected chi connectivity index (χ1v) is 13.6. The first-order chi connectivity index (χ1) is 14.2. The highest BCUT2D eigenvalue weighted by Gasteiger charge is 2.38. The molecule has 0 aliphatic carbocycles. The second kappa shape index (κ2) is 14.2. The van der Waals surface area contributed by atoms with E-state index in [-0.39, 0.29) is 30.5 Å². The van der Waals surface area contributed by atoms with Crippen molar-refractivity contribution in [2.45, 2.75) is 91.1 Å². The predicted molar refractivity (Wildman–Crippen MR) is 119 cm³/mol. The molecule has 0 amide bonds. The van der Waals surface area contributed by atoms with E-state index in [1.807, 2.05) is 0 Å². The fraction of sp³-hybridized carbons (Fsp3) is 0.947. The van der Waals surface area contributed by atoms with Crippen molar-refractivity contribution in [3.63, 3.8) is 0 Å². The maximum Gasteiger partial charge on any atom is 0.330 e.